The zero-order valence-corrected chi connectivity index (χ0v) is 13.9. The van der Waals surface area contributed by atoms with Gasteiger partial charge in [-0.3, -0.25) is 0 Å². The number of benzene rings is 1. The Hall–Kier alpha value is -1.76. The molecule has 1 heteroatoms. The molecule has 1 fully saturated rings. The molecule has 1 N–H and O–H groups in total. The monoisotopic (exact) mass is 305 g/mol. The van der Waals surface area contributed by atoms with Crippen molar-refractivity contribution < 1.29 is 0 Å². The van der Waals surface area contributed by atoms with Gasteiger partial charge in [0.25, 0.3) is 0 Å². The highest BCUT2D eigenvalue weighted by atomic mass is 14.9. The smallest absolute Gasteiger partial charge is 0.0378 e. The van der Waals surface area contributed by atoms with Crippen LogP contribution in [0.3, 0.4) is 0 Å². The van der Waals surface area contributed by atoms with Crippen molar-refractivity contribution in [1.29, 1.82) is 0 Å². The Labute approximate surface area is 140 Å². The minimum absolute atomic E-state index is 0.698. The lowest BCUT2D eigenvalue weighted by Crippen LogP contribution is -2.29. The fourth-order valence-electron chi connectivity index (χ4n) is 4.33. The number of anilines is 1. The second-order valence-corrected chi connectivity index (χ2v) is 7.22. The summed E-state index contributed by atoms with van der Waals surface area (Å²) in [6.45, 7) is 0. The van der Waals surface area contributed by atoms with Gasteiger partial charge < -0.3 is 5.32 Å². The Morgan fingerprint density at radius 1 is 0.913 bits per heavy atom. The highest BCUT2D eigenvalue weighted by molar-refractivity contribution is 5.76. The molecule has 1 aromatic carbocycles. The largest absolute Gasteiger partial charge is 0.382 e. The molecule has 23 heavy (non-hydrogen) atoms. The molecule has 1 saturated carbocycles. The standard InChI is InChI=1S/C22H27N/c1-2-5-9-17(10-6-3-1)18-13-14-22-21(16-18)19-11-7-4-8-12-20(15-19)23-22/h1-2,6,9-10,13-14,16,19-20,23H,3-5,7-8,11-12,15H2/b2-1?,10-6-,17-9+. The number of rotatable bonds is 1. The van der Waals surface area contributed by atoms with Crippen LogP contribution >= 0.6 is 0 Å². The van der Waals surface area contributed by atoms with Gasteiger partial charge in [-0.15, -0.1) is 0 Å². The molecule has 2 aliphatic carbocycles. The van der Waals surface area contributed by atoms with Crippen LogP contribution in [0.25, 0.3) is 5.57 Å². The van der Waals surface area contributed by atoms with E-state index in [-0.39, 0.29) is 0 Å². The molecular formula is C22H27N. The minimum atomic E-state index is 0.698. The van der Waals surface area contributed by atoms with E-state index in [9.17, 15) is 0 Å². The van der Waals surface area contributed by atoms with Gasteiger partial charge in [0.15, 0.2) is 0 Å². The van der Waals surface area contributed by atoms with Gasteiger partial charge in [-0.05, 0) is 66.9 Å². The van der Waals surface area contributed by atoms with Gasteiger partial charge in [0.1, 0.15) is 0 Å². The van der Waals surface area contributed by atoms with E-state index in [0.29, 0.717) is 6.04 Å². The van der Waals surface area contributed by atoms with E-state index >= 15 is 0 Å². The summed E-state index contributed by atoms with van der Waals surface area (Å²) in [6.07, 6.45) is 21.8. The van der Waals surface area contributed by atoms with Crippen molar-refractivity contribution >= 4 is 11.3 Å². The van der Waals surface area contributed by atoms with Crippen molar-refractivity contribution in [3.63, 3.8) is 0 Å². The summed E-state index contributed by atoms with van der Waals surface area (Å²) in [5.74, 6) is 0.759. The third kappa shape index (κ3) is 3.29. The van der Waals surface area contributed by atoms with E-state index in [4.69, 9.17) is 0 Å². The van der Waals surface area contributed by atoms with E-state index < -0.39 is 0 Å². The molecule has 1 aromatic rings. The first-order valence-corrected chi connectivity index (χ1v) is 9.33. The van der Waals surface area contributed by atoms with Gasteiger partial charge in [0.2, 0.25) is 0 Å². The fraction of sp³-hybridized carbons (Fsp3) is 0.455. The Morgan fingerprint density at radius 3 is 2.83 bits per heavy atom. The predicted molar refractivity (Wildman–Crippen MR) is 99.8 cm³/mol. The van der Waals surface area contributed by atoms with Crippen LogP contribution in [0.2, 0.25) is 0 Å². The maximum atomic E-state index is 3.80. The van der Waals surface area contributed by atoms with Crippen LogP contribution < -0.4 is 5.32 Å². The van der Waals surface area contributed by atoms with Crippen LogP contribution in [-0.4, -0.2) is 6.04 Å². The van der Waals surface area contributed by atoms with Gasteiger partial charge in [0, 0.05) is 11.7 Å². The predicted octanol–water partition coefficient (Wildman–Crippen LogP) is 6.21. The summed E-state index contributed by atoms with van der Waals surface area (Å²) in [5.41, 5.74) is 5.72. The zero-order valence-electron chi connectivity index (χ0n) is 13.9. The molecule has 4 rings (SSSR count). The Balaban J connectivity index is 1.67. The lowest BCUT2D eigenvalue weighted by atomic mass is 9.79. The first-order chi connectivity index (χ1) is 11.4. The third-order valence-corrected chi connectivity index (χ3v) is 5.57. The minimum Gasteiger partial charge on any atom is -0.382 e. The summed E-state index contributed by atoms with van der Waals surface area (Å²) >= 11 is 0. The number of fused-ring (bicyclic) bond motifs is 4. The first kappa shape index (κ1) is 14.8. The molecule has 0 spiro atoms. The highest BCUT2D eigenvalue weighted by Gasteiger charge is 2.27. The van der Waals surface area contributed by atoms with Crippen molar-refractivity contribution in [2.75, 3.05) is 5.32 Å². The van der Waals surface area contributed by atoms with E-state index in [1.807, 2.05) is 0 Å². The third-order valence-electron chi connectivity index (χ3n) is 5.57. The molecule has 0 radical (unpaired) electrons. The molecule has 120 valence electrons. The summed E-state index contributed by atoms with van der Waals surface area (Å²) in [4.78, 5) is 0. The SMILES string of the molecule is C1=CC/C=C(c2ccc3c(c2)C2CCCCCC(C2)N3)\C=C/C1. The first-order valence-electron chi connectivity index (χ1n) is 9.33. The van der Waals surface area contributed by atoms with Crippen molar-refractivity contribution in [2.24, 2.45) is 0 Å². The number of nitrogens with one attached hydrogen (secondary N) is 1. The maximum Gasteiger partial charge on any atom is 0.0378 e. The highest BCUT2D eigenvalue weighted by Crippen LogP contribution is 2.41. The topological polar surface area (TPSA) is 12.0 Å². The maximum absolute atomic E-state index is 3.80. The Bertz CT molecular complexity index is 650. The molecule has 0 aromatic heterocycles. The zero-order chi connectivity index (χ0) is 15.5. The average molecular weight is 305 g/mol. The van der Waals surface area contributed by atoms with Crippen LogP contribution in [0.4, 0.5) is 5.69 Å². The van der Waals surface area contributed by atoms with Gasteiger partial charge in [-0.25, -0.2) is 0 Å². The summed E-state index contributed by atoms with van der Waals surface area (Å²) < 4.78 is 0. The van der Waals surface area contributed by atoms with Crippen LogP contribution in [0.5, 0.6) is 0 Å². The van der Waals surface area contributed by atoms with Gasteiger partial charge in [-0.2, -0.15) is 0 Å². The lowest BCUT2D eigenvalue weighted by molar-refractivity contribution is 0.416. The molecule has 2 bridgehead atoms. The molecule has 1 aliphatic heterocycles. The van der Waals surface area contributed by atoms with Crippen molar-refractivity contribution in [3.8, 4) is 0 Å². The number of hydrogen-bond donors (Lipinski definition) is 1. The van der Waals surface area contributed by atoms with Gasteiger partial charge in [-0.1, -0.05) is 55.7 Å². The fourth-order valence-corrected chi connectivity index (χ4v) is 4.33. The van der Waals surface area contributed by atoms with Crippen molar-refractivity contribution in [1.82, 2.24) is 0 Å². The lowest BCUT2D eigenvalue weighted by Gasteiger charge is -2.35. The van der Waals surface area contributed by atoms with Gasteiger partial charge in [0.05, 0.1) is 0 Å². The van der Waals surface area contributed by atoms with E-state index in [2.05, 4.69) is 53.9 Å². The number of allylic oxidation sites excluding steroid dienone is 6. The summed E-state index contributed by atoms with van der Waals surface area (Å²) in [7, 11) is 0. The number of hydrogen-bond acceptors (Lipinski definition) is 1. The van der Waals surface area contributed by atoms with Crippen LogP contribution in [-0.2, 0) is 0 Å². The van der Waals surface area contributed by atoms with E-state index in [0.717, 1.165) is 18.8 Å². The summed E-state index contributed by atoms with van der Waals surface area (Å²) in [5, 5.41) is 3.80. The quantitative estimate of drug-likeness (QED) is 0.608. The molecule has 1 heterocycles. The Morgan fingerprint density at radius 2 is 1.83 bits per heavy atom. The van der Waals surface area contributed by atoms with Crippen LogP contribution in [0.15, 0.2) is 48.6 Å². The van der Waals surface area contributed by atoms with Crippen molar-refractivity contribution in [3.05, 3.63) is 59.7 Å². The molecule has 2 atom stereocenters. The molecule has 2 unspecified atom stereocenters. The average Bonchev–Trinajstić information content (AvgIpc) is 2.52. The molecule has 3 aliphatic rings. The summed E-state index contributed by atoms with van der Waals surface area (Å²) in [6, 6.07) is 7.80. The molecule has 0 amide bonds. The van der Waals surface area contributed by atoms with E-state index in [1.54, 1.807) is 5.56 Å². The second-order valence-electron chi connectivity index (χ2n) is 7.22. The van der Waals surface area contributed by atoms with Crippen molar-refractivity contribution in [2.45, 2.75) is 63.3 Å². The normalized spacial score (nSPS) is 30.5. The molecule has 1 nitrogen and oxygen atoms in total. The van der Waals surface area contributed by atoms with Crippen LogP contribution in [0, 0.1) is 0 Å². The van der Waals surface area contributed by atoms with Gasteiger partial charge >= 0.3 is 0 Å². The van der Waals surface area contributed by atoms with Crippen LogP contribution in [0.1, 0.15) is 68.4 Å². The Kier molecular flexibility index (Phi) is 4.37. The molecular weight excluding hydrogens is 278 g/mol. The molecule has 0 saturated heterocycles. The van der Waals surface area contributed by atoms with E-state index in [1.165, 1.54) is 55.3 Å². The second kappa shape index (κ2) is 6.78.